The van der Waals surface area contributed by atoms with E-state index >= 15 is 0 Å². The van der Waals surface area contributed by atoms with Crippen LogP contribution < -0.4 is 5.32 Å². The Bertz CT molecular complexity index is 779. The average Bonchev–Trinajstić information content (AvgIpc) is 3.12. The van der Waals surface area contributed by atoms with E-state index in [9.17, 15) is 20.1 Å². The van der Waals surface area contributed by atoms with Crippen molar-refractivity contribution in [1.82, 2.24) is 5.32 Å². The van der Waals surface area contributed by atoms with Crippen molar-refractivity contribution in [2.75, 3.05) is 6.61 Å². The van der Waals surface area contributed by atoms with Crippen LogP contribution in [0.4, 0.5) is 0 Å². The van der Waals surface area contributed by atoms with Crippen LogP contribution in [0.25, 0.3) is 0 Å². The minimum Gasteiger partial charge on any atom is -0.394 e. The molecule has 5 heteroatoms. The van der Waals surface area contributed by atoms with Gasteiger partial charge in [-0.1, -0.05) is 217 Å². The Morgan fingerprint density at radius 1 is 0.480 bits per heavy atom. The van der Waals surface area contributed by atoms with Gasteiger partial charge in [-0.05, 0) is 38.5 Å². The summed E-state index contributed by atoms with van der Waals surface area (Å²) in [6, 6.07) is -0.817. The number of amides is 1. The van der Waals surface area contributed by atoms with Gasteiger partial charge in [-0.3, -0.25) is 4.79 Å². The topological polar surface area (TPSA) is 89.8 Å². The van der Waals surface area contributed by atoms with Crippen LogP contribution in [0.2, 0.25) is 0 Å². The third-order valence-corrected chi connectivity index (χ3v) is 9.94. The van der Waals surface area contributed by atoms with Crippen LogP contribution in [-0.2, 0) is 4.79 Å². The quantitative estimate of drug-likeness (QED) is 0.0379. The standard InChI is InChI=1S/C45H85NO4/c1-3-5-7-9-11-13-15-16-17-18-19-20-21-22-23-24-25-26-27-28-30-32-34-36-38-40-44(49)45(50)46-42(41-47)43(48)39-37-35-33-31-29-14-12-10-8-6-4-2/h8,10,29,31,37,39,42-44,47-49H,3-7,9,11-28,30,32-36,38,40-41H2,1-2H3,(H,46,50)/b10-8+,31-29+,39-37+. The number of nitrogens with one attached hydrogen (secondary N) is 1. The predicted octanol–water partition coefficient (Wildman–Crippen LogP) is 12.4. The van der Waals surface area contributed by atoms with Gasteiger partial charge in [0.15, 0.2) is 0 Å². The summed E-state index contributed by atoms with van der Waals surface area (Å²) in [5, 5.41) is 33.0. The van der Waals surface area contributed by atoms with Crippen LogP contribution in [-0.4, -0.2) is 46.1 Å². The van der Waals surface area contributed by atoms with Gasteiger partial charge >= 0.3 is 0 Å². The Morgan fingerprint density at radius 3 is 1.18 bits per heavy atom. The van der Waals surface area contributed by atoms with Gasteiger partial charge in [0.05, 0.1) is 18.8 Å². The van der Waals surface area contributed by atoms with E-state index in [0.29, 0.717) is 6.42 Å². The number of unbranched alkanes of at least 4 members (excludes halogenated alkanes) is 27. The number of hydrogen-bond acceptors (Lipinski definition) is 4. The molecule has 3 atom stereocenters. The minimum absolute atomic E-state index is 0.380. The number of carbonyl (C=O) groups excluding carboxylic acids is 1. The molecule has 0 bridgehead atoms. The Labute approximate surface area is 311 Å². The summed E-state index contributed by atoms with van der Waals surface area (Å²) in [5.74, 6) is -0.517. The molecule has 0 heterocycles. The summed E-state index contributed by atoms with van der Waals surface area (Å²) in [7, 11) is 0. The maximum absolute atomic E-state index is 12.4. The summed E-state index contributed by atoms with van der Waals surface area (Å²) in [5.41, 5.74) is 0. The average molecular weight is 704 g/mol. The molecule has 0 saturated heterocycles. The normalized spacial score (nSPS) is 13.9. The number of aliphatic hydroxyl groups excluding tert-OH is 3. The van der Waals surface area contributed by atoms with E-state index in [0.717, 1.165) is 51.4 Å². The zero-order valence-corrected chi connectivity index (χ0v) is 33.3. The van der Waals surface area contributed by atoms with Gasteiger partial charge in [0.25, 0.3) is 0 Å². The number of hydrogen-bond donors (Lipinski definition) is 4. The van der Waals surface area contributed by atoms with Gasteiger partial charge in [0.2, 0.25) is 5.91 Å². The van der Waals surface area contributed by atoms with Gasteiger partial charge in [0.1, 0.15) is 6.10 Å². The van der Waals surface area contributed by atoms with Crippen LogP contribution >= 0.6 is 0 Å². The lowest BCUT2D eigenvalue weighted by atomic mass is 10.0. The van der Waals surface area contributed by atoms with Crippen molar-refractivity contribution in [1.29, 1.82) is 0 Å². The van der Waals surface area contributed by atoms with E-state index in [4.69, 9.17) is 0 Å². The zero-order chi connectivity index (χ0) is 36.6. The lowest BCUT2D eigenvalue weighted by Crippen LogP contribution is -2.48. The number of rotatable bonds is 39. The maximum atomic E-state index is 12.4. The maximum Gasteiger partial charge on any atom is 0.249 e. The largest absolute Gasteiger partial charge is 0.394 e. The third-order valence-electron chi connectivity index (χ3n) is 9.94. The molecule has 0 aromatic heterocycles. The van der Waals surface area contributed by atoms with Crippen molar-refractivity contribution in [3.63, 3.8) is 0 Å². The smallest absolute Gasteiger partial charge is 0.249 e. The Kier molecular flexibility index (Phi) is 39.2. The molecule has 294 valence electrons. The molecule has 0 aliphatic rings. The second-order valence-electron chi connectivity index (χ2n) is 14.9. The molecule has 0 aliphatic carbocycles. The van der Waals surface area contributed by atoms with Crippen LogP contribution in [0.5, 0.6) is 0 Å². The van der Waals surface area contributed by atoms with E-state index in [-0.39, 0.29) is 6.61 Å². The first kappa shape index (κ1) is 48.6. The Hall–Kier alpha value is -1.43. The van der Waals surface area contributed by atoms with Crippen molar-refractivity contribution >= 4 is 5.91 Å². The fraction of sp³-hybridized carbons (Fsp3) is 0.844. The van der Waals surface area contributed by atoms with Gasteiger partial charge in [0, 0.05) is 0 Å². The van der Waals surface area contributed by atoms with Crippen LogP contribution in [0.1, 0.15) is 219 Å². The molecule has 0 aromatic rings. The first-order valence-corrected chi connectivity index (χ1v) is 21.8. The summed E-state index contributed by atoms with van der Waals surface area (Å²) in [6.07, 6.45) is 50.5. The lowest BCUT2D eigenvalue weighted by molar-refractivity contribution is -0.131. The van der Waals surface area contributed by atoms with E-state index in [1.807, 2.05) is 6.08 Å². The van der Waals surface area contributed by atoms with Gasteiger partial charge in [-0.2, -0.15) is 0 Å². The molecule has 5 nitrogen and oxygen atoms in total. The fourth-order valence-corrected chi connectivity index (χ4v) is 6.52. The molecule has 50 heavy (non-hydrogen) atoms. The highest BCUT2D eigenvalue weighted by Gasteiger charge is 2.22. The molecule has 3 unspecified atom stereocenters. The molecule has 0 aromatic carbocycles. The Balaban J connectivity index is 3.59. The van der Waals surface area contributed by atoms with Gasteiger partial charge in [-0.25, -0.2) is 0 Å². The monoisotopic (exact) mass is 704 g/mol. The number of aliphatic hydroxyl groups is 3. The predicted molar refractivity (Wildman–Crippen MR) is 218 cm³/mol. The summed E-state index contributed by atoms with van der Waals surface area (Å²) in [6.45, 7) is 4.09. The molecule has 0 aliphatic heterocycles. The second kappa shape index (κ2) is 40.3. The SMILES string of the molecule is CCC/C=C/CC/C=C/CC/C=C/C(O)C(CO)NC(=O)C(O)CCCCCCCCCCCCCCCCCCCCCCCCCCC. The van der Waals surface area contributed by atoms with E-state index in [1.54, 1.807) is 6.08 Å². The molecular weight excluding hydrogens is 618 g/mol. The highest BCUT2D eigenvalue weighted by atomic mass is 16.3. The van der Waals surface area contributed by atoms with Gasteiger partial charge < -0.3 is 20.6 Å². The highest BCUT2D eigenvalue weighted by Crippen LogP contribution is 2.16. The van der Waals surface area contributed by atoms with Crippen molar-refractivity contribution in [3.05, 3.63) is 36.5 Å². The van der Waals surface area contributed by atoms with Crippen molar-refractivity contribution in [3.8, 4) is 0 Å². The first-order valence-electron chi connectivity index (χ1n) is 21.8. The second-order valence-corrected chi connectivity index (χ2v) is 14.9. The highest BCUT2D eigenvalue weighted by molar-refractivity contribution is 5.80. The molecular formula is C45H85NO4. The molecule has 0 fully saturated rings. The molecule has 1 amide bonds. The summed E-state index contributed by atoms with van der Waals surface area (Å²) >= 11 is 0. The van der Waals surface area contributed by atoms with Crippen molar-refractivity contribution in [2.45, 2.75) is 238 Å². The first-order chi connectivity index (χ1) is 24.6. The van der Waals surface area contributed by atoms with Crippen LogP contribution in [0, 0.1) is 0 Å². The van der Waals surface area contributed by atoms with E-state index in [1.165, 1.54) is 148 Å². The van der Waals surface area contributed by atoms with Crippen molar-refractivity contribution < 1.29 is 20.1 Å². The third kappa shape index (κ3) is 35.0. The molecule has 4 N–H and O–H groups in total. The van der Waals surface area contributed by atoms with E-state index in [2.05, 4.69) is 43.5 Å². The summed E-state index contributed by atoms with van der Waals surface area (Å²) in [4.78, 5) is 12.4. The molecule has 0 rings (SSSR count). The van der Waals surface area contributed by atoms with Crippen molar-refractivity contribution in [2.24, 2.45) is 0 Å². The number of carbonyl (C=O) groups is 1. The van der Waals surface area contributed by atoms with E-state index < -0.39 is 24.2 Å². The van der Waals surface area contributed by atoms with Crippen LogP contribution in [0.3, 0.4) is 0 Å². The number of allylic oxidation sites excluding steroid dienone is 5. The zero-order valence-electron chi connectivity index (χ0n) is 33.3. The Morgan fingerprint density at radius 2 is 0.820 bits per heavy atom. The fourth-order valence-electron chi connectivity index (χ4n) is 6.52. The van der Waals surface area contributed by atoms with Gasteiger partial charge in [-0.15, -0.1) is 0 Å². The molecule has 0 spiro atoms. The summed E-state index contributed by atoms with van der Waals surface area (Å²) < 4.78 is 0. The lowest BCUT2D eigenvalue weighted by Gasteiger charge is -2.21. The van der Waals surface area contributed by atoms with Crippen LogP contribution in [0.15, 0.2) is 36.5 Å². The molecule has 0 saturated carbocycles. The minimum atomic E-state index is -1.10. The molecule has 0 radical (unpaired) electrons.